The van der Waals surface area contributed by atoms with Gasteiger partial charge in [-0.25, -0.2) is 17.4 Å². The van der Waals surface area contributed by atoms with Crippen LogP contribution in [0.25, 0.3) is 33.3 Å². The van der Waals surface area contributed by atoms with Crippen LogP contribution in [0, 0.1) is 6.92 Å². The lowest BCUT2D eigenvalue weighted by atomic mass is 10.2. The molecular weight excluding hydrogens is 410 g/mol. The Labute approximate surface area is 180 Å². The zero-order valence-electron chi connectivity index (χ0n) is 17.4. The molecule has 0 unspecified atom stereocenters. The summed E-state index contributed by atoms with van der Waals surface area (Å²) in [5, 5.41) is 1.73. The number of nitrogens with zero attached hydrogens (tertiary/aromatic N) is 3. The molecule has 7 heteroatoms. The third-order valence-corrected chi connectivity index (χ3v) is 7.31. The summed E-state index contributed by atoms with van der Waals surface area (Å²) in [7, 11) is -0.312. The molecule has 0 aliphatic heterocycles. The van der Waals surface area contributed by atoms with Crippen molar-refractivity contribution in [3.63, 3.8) is 0 Å². The molecule has 0 N–H and O–H groups in total. The lowest BCUT2D eigenvalue weighted by molar-refractivity contribution is 0.415. The molecule has 0 fully saturated rings. The fraction of sp³-hybridized carbons (Fsp3) is 0.125. The van der Waals surface area contributed by atoms with Crippen molar-refractivity contribution in [3.05, 3.63) is 78.5 Å². The van der Waals surface area contributed by atoms with Gasteiger partial charge in [0.2, 0.25) is 0 Å². The lowest BCUT2D eigenvalue weighted by Crippen LogP contribution is -2.15. The number of ether oxygens (including phenoxy) is 1. The van der Waals surface area contributed by atoms with Gasteiger partial charge >= 0.3 is 0 Å². The Kier molecular flexibility index (Phi) is 4.37. The van der Waals surface area contributed by atoms with Crippen molar-refractivity contribution in [2.45, 2.75) is 11.8 Å². The molecular formula is C24H21N3O3S. The van der Waals surface area contributed by atoms with Gasteiger partial charge in [0.1, 0.15) is 5.75 Å². The molecule has 3 heterocycles. The quantitative estimate of drug-likeness (QED) is 0.412. The summed E-state index contributed by atoms with van der Waals surface area (Å²) in [6, 6.07) is 20.2. The van der Waals surface area contributed by atoms with E-state index in [0.29, 0.717) is 11.3 Å². The summed E-state index contributed by atoms with van der Waals surface area (Å²) in [5.41, 5.74) is 3.72. The highest BCUT2D eigenvalue weighted by Gasteiger charge is 2.26. The Morgan fingerprint density at radius 2 is 1.65 bits per heavy atom. The van der Waals surface area contributed by atoms with Gasteiger partial charge in [-0.1, -0.05) is 17.7 Å². The summed E-state index contributed by atoms with van der Waals surface area (Å²) in [6.45, 7) is 1.93. The number of hydrogen-bond acceptors (Lipinski definition) is 4. The van der Waals surface area contributed by atoms with Gasteiger partial charge < -0.3 is 9.30 Å². The fourth-order valence-corrected chi connectivity index (χ4v) is 5.43. The van der Waals surface area contributed by atoms with Crippen LogP contribution in [0.15, 0.2) is 77.8 Å². The number of methoxy groups -OCH3 is 1. The lowest BCUT2D eigenvalue weighted by Gasteiger charge is -2.12. The second kappa shape index (κ2) is 6.99. The third kappa shape index (κ3) is 3.00. The highest BCUT2D eigenvalue weighted by Crippen LogP contribution is 2.35. The number of rotatable bonds is 4. The van der Waals surface area contributed by atoms with Crippen LogP contribution >= 0.6 is 0 Å². The number of aryl methyl sites for hydroxylation is 2. The summed E-state index contributed by atoms with van der Waals surface area (Å²) in [5.74, 6) is 0.749. The zero-order chi connectivity index (χ0) is 21.8. The van der Waals surface area contributed by atoms with E-state index in [1.807, 2.05) is 54.9 Å². The van der Waals surface area contributed by atoms with E-state index in [4.69, 9.17) is 4.74 Å². The van der Waals surface area contributed by atoms with Crippen LogP contribution in [0.5, 0.6) is 5.75 Å². The average molecular weight is 432 g/mol. The molecule has 0 bridgehead atoms. The SMILES string of the molecule is COc1ccc2c(c1)cc(-c1cc3cccnc3n1S(=O)(=O)c1ccc(C)cc1)n2C. The van der Waals surface area contributed by atoms with Crippen molar-refractivity contribution in [1.82, 2.24) is 13.5 Å². The van der Waals surface area contributed by atoms with Gasteiger partial charge in [-0.3, -0.25) is 0 Å². The summed E-state index contributed by atoms with van der Waals surface area (Å²) in [6.07, 6.45) is 1.61. The molecule has 3 aromatic heterocycles. The van der Waals surface area contributed by atoms with E-state index in [9.17, 15) is 8.42 Å². The first kappa shape index (κ1) is 19.4. The summed E-state index contributed by atoms with van der Waals surface area (Å²) < 4.78 is 36.2. The molecule has 0 saturated carbocycles. The first-order valence-corrected chi connectivity index (χ1v) is 11.3. The number of aromatic nitrogens is 3. The first-order chi connectivity index (χ1) is 14.9. The topological polar surface area (TPSA) is 66.1 Å². The number of hydrogen-bond donors (Lipinski definition) is 0. The predicted molar refractivity (Wildman–Crippen MR) is 122 cm³/mol. The van der Waals surface area contributed by atoms with Crippen molar-refractivity contribution < 1.29 is 13.2 Å². The minimum atomic E-state index is -3.87. The van der Waals surface area contributed by atoms with E-state index in [0.717, 1.165) is 33.3 Å². The number of fused-ring (bicyclic) bond motifs is 2. The molecule has 2 aromatic carbocycles. The van der Waals surface area contributed by atoms with E-state index in [1.165, 1.54) is 3.97 Å². The van der Waals surface area contributed by atoms with Crippen molar-refractivity contribution in [3.8, 4) is 17.1 Å². The average Bonchev–Trinajstić information content (AvgIpc) is 3.32. The Morgan fingerprint density at radius 1 is 0.903 bits per heavy atom. The highest BCUT2D eigenvalue weighted by atomic mass is 32.2. The van der Waals surface area contributed by atoms with Crippen molar-refractivity contribution >= 4 is 32.0 Å². The predicted octanol–water partition coefficient (Wildman–Crippen LogP) is 4.75. The second-order valence-electron chi connectivity index (χ2n) is 7.54. The maximum atomic E-state index is 13.7. The second-order valence-corrected chi connectivity index (χ2v) is 9.33. The van der Waals surface area contributed by atoms with Gasteiger partial charge in [-0.15, -0.1) is 0 Å². The Morgan fingerprint density at radius 3 is 2.39 bits per heavy atom. The van der Waals surface area contributed by atoms with Crippen LogP contribution < -0.4 is 4.74 Å². The molecule has 6 nitrogen and oxygen atoms in total. The van der Waals surface area contributed by atoms with Gasteiger partial charge in [0.05, 0.1) is 23.4 Å². The number of pyridine rings is 1. The van der Waals surface area contributed by atoms with Crippen molar-refractivity contribution in [2.24, 2.45) is 7.05 Å². The van der Waals surface area contributed by atoms with Gasteiger partial charge in [0, 0.05) is 29.5 Å². The van der Waals surface area contributed by atoms with Gasteiger partial charge in [-0.2, -0.15) is 0 Å². The molecule has 0 aliphatic carbocycles. The molecule has 0 saturated heterocycles. The van der Waals surface area contributed by atoms with Gasteiger partial charge in [0.25, 0.3) is 10.0 Å². The largest absolute Gasteiger partial charge is 0.497 e. The minimum absolute atomic E-state index is 0.225. The standard InChI is InChI=1S/C24H21N3O3S/c1-16-6-9-20(10-7-16)31(28,29)27-23(14-17-5-4-12-25-24(17)27)22-15-18-13-19(30-3)8-11-21(18)26(22)2/h4-15H,1-3H3. The van der Waals surface area contributed by atoms with Crippen LogP contribution in [0.1, 0.15) is 5.56 Å². The van der Waals surface area contributed by atoms with Gasteiger partial charge in [0.15, 0.2) is 5.65 Å². The molecule has 5 aromatic rings. The van der Waals surface area contributed by atoms with Gasteiger partial charge in [-0.05, 0) is 61.5 Å². The van der Waals surface area contributed by atoms with Crippen molar-refractivity contribution in [1.29, 1.82) is 0 Å². The molecule has 156 valence electrons. The molecule has 5 rings (SSSR count). The van der Waals surface area contributed by atoms with Crippen molar-refractivity contribution in [2.75, 3.05) is 7.11 Å². The maximum Gasteiger partial charge on any atom is 0.269 e. The Balaban J connectivity index is 1.83. The third-order valence-electron chi connectivity index (χ3n) is 5.59. The Hall–Kier alpha value is -3.58. The van der Waals surface area contributed by atoms with E-state index in [-0.39, 0.29) is 4.90 Å². The molecule has 0 radical (unpaired) electrons. The van der Waals surface area contributed by atoms with E-state index >= 15 is 0 Å². The number of benzene rings is 2. The highest BCUT2D eigenvalue weighted by molar-refractivity contribution is 7.90. The van der Waals surface area contributed by atoms with Crippen LogP contribution in [-0.2, 0) is 17.1 Å². The molecule has 31 heavy (non-hydrogen) atoms. The van der Waals surface area contributed by atoms with Crippen LogP contribution in [0.3, 0.4) is 0 Å². The fourth-order valence-electron chi connectivity index (χ4n) is 3.95. The van der Waals surface area contributed by atoms with Crippen LogP contribution in [0.2, 0.25) is 0 Å². The molecule has 0 aliphatic rings. The van der Waals surface area contributed by atoms with E-state index < -0.39 is 10.0 Å². The normalized spacial score (nSPS) is 12.0. The summed E-state index contributed by atoms with van der Waals surface area (Å²) in [4.78, 5) is 4.63. The Bertz CT molecular complexity index is 1540. The van der Waals surface area contributed by atoms with E-state index in [2.05, 4.69) is 4.98 Å². The van der Waals surface area contributed by atoms with E-state index in [1.54, 1.807) is 43.6 Å². The maximum absolute atomic E-state index is 13.7. The molecule has 0 amide bonds. The first-order valence-electron chi connectivity index (χ1n) is 9.83. The van der Waals surface area contributed by atoms with Crippen LogP contribution in [-0.4, -0.2) is 29.1 Å². The molecule has 0 atom stereocenters. The molecule has 0 spiro atoms. The smallest absolute Gasteiger partial charge is 0.269 e. The zero-order valence-corrected chi connectivity index (χ0v) is 18.2. The monoisotopic (exact) mass is 431 g/mol. The summed E-state index contributed by atoms with van der Waals surface area (Å²) >= 11 is 0. The minimum Gasteiger partial charge on any atom is -0.497 e. The van der Waals surface area contributed by atoms with Crippen LogP contribution in [0.4, 0.5) is 0 Å².